The van der Waals surface area contributed by atoms with E-state index in [1.807, 2.05) is 0 Å². The van der Waals surface area contributed by atoms with Gasteiger partial charge >= 0.3 is 0 Å². The van der Waals surface area contributed by atoms with Gasteiger partial charge < -0.3 is 4.90 Å². The minimum Gasteiger partial charge on any atom is -0.355 e. The summed E-state index contributed by atoms with van der Waals surface area (Å²) in [5.74, 6) is 1.14. The van der Waals surface area contributed by atoms with Crippen LogP contribution in [0.25, 0.3) is 10.2 Å². The number of benzene rings is 1. The lowest BCUT2D eigenvalue weighted by molar-refractivity contribution is 0.201. The van der Waals surface area contributed by atoms with Crippen molar-refractivity contribution in [2.45, 2.75) is 26.3 Å². The lowest BCUT2D eigenvalue weighted by Gasteiger charge is -2.49. The standard InChI is InChI=1S/C21H24N4S/c1-2-17-10-18-19(22-15-23-20(18)26-17)25-13-21(14-25)8-9-24(12-21)11-16-6-4-3-5-7-16/h3-7,10,15H,2,8-9,11-14H2,1H3. The molecule has 26 heavy (non-hydrogen) atoms. The van der Waals surface area contributed by atoms with Crippen LogP contribution in [0.15, 0.2) is 42.7 Å². The first kappa shape index (κ1) is 16.2. The lowest BCUT2D eigenvalue weighted by Crippen LogP contribution is -2.58. The van der Waals surface area contributed by atoms with Gasteiger partial charge in [0.05, 0.1) is 5.39 Å². The zero-order valence-electron chi connectivity index (χ0n) is 15.2. The summed E-state index contributed by atoms with van der Waals surface area (Å²) in [5.41, 5.74) is 1.87. The van der Waals surface area contributed by atoms with Crippen LogP contribution in [0, 0.1) is 5.41 Å². The predicted molar refractivity (Wildman–Crippen MR) is 108 cm³/mol. The normalized spacial score (nSPS) is 19.3. The average Bonchev–Trinajstić information content (AvgIpc) is 3.25. The van der Waals surface area contributed by atoms with Crippen molar-refractivity contribution in [1.29, 1.82) is 0 Å². The van der Waals surface area contributed by atoms with Crippen molar-refractivity contribution >= 4 is 27.4 Å². The van der Waals surface area contributed by atoms with Crippen molar-refractivity contribution in [3.05, 3.63) is 53.2 Å². The number of hydrogen-bond acceptors (Lipinski definition) is 5. The Bertz CT molecular complexity index is 914. The van der Waals surface area contributed by atoms with Gasteiger partial charge in [-0.05, 0) is 31.0 Å². The van der Waals surface area contributed by atoms with Crippen LogP contribution < -0.4 is 4.90 Å². The second-order valence-electron chi connectivity index (χ2n) is 7.78. The number of likely N-dealkylation sites (tertiary alicyclic amines) is 1. The van der Waals surface area contributed by atoms with Crippen LogP contribution in [-0.4, -0.2) is 41.0 Å². The van der Waals surface area contributed by atoms with E-state index in [0.29, 0.717) is 5.41 Å². The van der Waals surface area contributed by atoms with E-state index >= 15 is 0 Å². The number of aryl methyl sites for hydroxylation is 1. The maximum Gasteiger partial charge on any atom is 0.140 e. The molecule has 3 aromatic rings. The van der Waals surface area contributed by atoms with Gasteiger partial charge in [-0.3, -0.25) is 4.90 Å². The fourth-order valence-corrected chi connectivity index (χ4v) is 5.42. The largest absolute Gasteiger partial charge is 0.355 e. The van der Waals surface area contributed by atoms with Gasteiger partial charge in [-0.25, -0.2) is 9.97 Å². The van der Waals surface area contributed by atoms with Crippen LogP contribution in [0.2, 0.25) is 0 Å². The Morgan fingerprint density at radius 2 is 1.96 bits per heavy atom. The van der Waals surface area contributed by atoms with Gasteiger partial charge in [0.1, 0.15) is 17.0 Å². The average molecular weight is 365 g/mol. The summed E-state index contributed by atoms with van der Waals surface area (Å²) >= 11 is 1.80. The molecule has 2 aromatic heterocycles. The number of anilines is 1. The molecule has 0 saturated carbocycles. The first-order chi connectivity index (χ1) is 12.7. The zero-order valence-corrected chi connectivity index (χ0v) is 16.0. The van der Waals surface area contributed by atoms with Crippen molar-refractivity contribution in [3.63, 3.8) is 0 Å². The minimum absolute atomic E-state index is 0.454. The summed E-state index contributed by atoms with van der Waals surface area (Å²) in [7, 11) is 0. The van der Waals surface area contributed by atoms with E-state index in [1.54, 1.807) is 17.7 Å². The highest BCUT2D eigenvalue weighted by atomic mass is 32.1. The molecule has 4 nitrogen and oxygen atoms in total. The maximum absolute atomic E-state index is 4.63. The maximum atomic E-state index is 4.63. The van der Waals surface area contributed by atoms with E-state index in [4.69, 9.17) is 0 Å². The Kier molecular flexibility index (Phi) is 3.94. The molecule has 0 amide bonds. The summed E-state index contributed by atoms with van der Waals surface area (Å²) < 4.78 is 0. The van der Waals surface area contributed by atoms with Crippen LogP contribution in [0.4, 0.5) is 5.82 Å². The quantitative estimate of drug-likeness (QED) is 0.701. The van der Waals surface area contributed by atoms with Crippen LogP contribution in [0.3, 0.4) is 0 Å². The molecule has 0 radical (unpaired) electrons. The third-order valence-corrected chi connectivity index (χ3v) is 7.01. The third-order valence-electron chi connectivity index (χ3n) is 5.83. The molecule has 1 aromatic carbocycles. The minimum atomic E-state index is 0.454. The number of aromatic nitrogens is 2. The summed E-state index contributed by atoms with van der Waals surface area (Å²) in [5, 5.41) is 1.24. The summed E-state index contributed by atoms with van der Waals surface area (Å²) in [4.78, 5) is 16.7. The molecule has 0 N–H and O–H groups in total. The number of fused-ring (bicyclic) bond motifs is 1. The topological polar surface area (TPSA) is 32.3 Å². The fraction of sp³-hybridized carbons (Fsp3) is 0.429. The highest BCUT2D eigenvalue weighted by molar-refractivity contribution is 7.18. The highest BCUT2D eigenvalue weighted by Crippen LogP contribution is 2.43. The van der Waals surface area contributed by atoms with Gasteiger partial charge in [0.15, 0.2) is 0 Å². The van der Waals surface area contributed by atoms with Crippen molar-refractivity contribution in [2.75, 3.05) is 31.1 Å². The predicted octanol–water partition coefficient (Wildman–Crippen LogP) is 3.97. The SMILES string of the molecule is CCc1cc2c(N3CC4(CCN(Cc5ccccc5)C4)C3)ncnc2s1. The lowest BCUT2D eigenvalue weighted by atomic mass is 9.79. The van der Waals surface area contributed by atoms with E-state index < -0.39 is 0 Å². The van der Waals surface area contributed by atoms with Crippen molar-refractivity contribution in [2.24, 2.45) is 5.41 Å². The van der Waals surface area contributed by atoms with Crippen LogP contribution in [0.5, 0.6) is 0 Å². The van der Waals surface area contributed by atoms with Gasteiger partial charge in [0.2, 0.25) is 0 Å². The van der Waals surface area contributed by atoms with E-state index in [-0.39, 0.29) is 0 Å². The van der Waals surface area contributed by atoms with Crippen molar-refractivity contribution in [1.82, 2.24) is 14.9 Å². The van der Waals surface area contributed by atoms with Crippen molar-refractivity contribution < 1.29 is 0 Å². The summed E-state index contributed by atoms with van der Waals surface area (Å²) in [6.45, 7) is 7.95. The second-order valence-corrected chi connectivity index (χ2v) is 8.90. The van der Waals surface area contributed by atoms with Crippen LogP contribution in [-0.2, 0) is 13.0 Å². The molecule has 0 atom stereocenters. The molecule has 2 aliphatic rings. The molecule has 0 aliphatic carbocycles. The van der Waals surface area contributed by atoms with E-state index in [9.17, 15) is 0 Å². The second kappa shape index (κ2) is 6.32. The molecule has 4 heterocycles. The van der Waals surface area contributed by atoms with E-state index in [2.05, 4.69) is 63.1 Å². The Hall–Kier alpha value is -1.98. The Labute approximate surface area is 158 Å². The van der Waals surface area contributed by atoms with Crippen LogP contribution >= 0.6 is 11.3 Å². The molecule has 134 valence electrons. The summed E-state index contributed by atoms with van der Waals surface area (Å²) in [6, 6.07) is 13.1. The molecule has 0 bridgehead atoms. The first-order valence-electron chi connectivity index (χ1n) is 9.49. The molecular formula is C21H24N4S. The molecular weight excluding hydrogens is 340 g/mol. The first-order valence-corrected chi connectivity index (χ1v) is 10.3. The number of hydrogen-bond donors (Lipinski definition) is 0. The number of thiophene rings is 1. The van der Waals surface area contributed by atoms with Gasteiger partial charge in [-0.1, -0.05) is 37.3 Å². The fourth-order valence-electron chi connectivity index (χ4n) is 4.49. The summed E-state index contributed by atoms with van der Waals surface area (Å²) in [6.07, 6.45) is 4.10. The van der Waals surface area contributed by atoms with Gasteiger partial charge in [0.25, 0.3) is 0 Å². The Balaban J connectivity index is 1.28. The van der Waals surface area contributed by atoms with Crippen molar-refractivity contribution in [3.8, 4) is 0 Å². The monoisotopic (exact) mass is 364 g/mol. The number of nitrogens with zero attached hydrogens (tertiary/aromatic N) is 4. The van der Waals surface area contributed by atoms with Gasteiger partial charge in [-0.2, -0.15) is 0 Å². The van der Waals surface area contributed by atoms with Gasteiger partial charge in [0, 0.05) is 36.5 Å². The molecule has 2 aliphatic heterocycles. The molecule has 0 unspecified atom stereocenters. The van der Waals surface area contributed by atoms with E-state index in [0.717, 1.165) is 36.7 Å². The zero-order chi connectivity index (χ0) is 17.6. The molecule has 5 rings (SSSR count). The Morgan fingerprint density at radius 3 is 2.77 bits per heavy atom. The van der Waals surface area contributed by atoms with E-state index in [1.165, 1.54) is 35.3 Å². The molecule has 2 fully saturated rings. The smallest absolute Gasteiger partial charge is 0.140 e. The Morgan fingerprint density at radius 1 is 1.12 bits per heavy atom. The number of rotatable bonds is 4. The third kappa shape index (κ3) is 2.79. The van der Waals surface area contributed by atoms with Gasteiger partial charge in [-0.15, -0.1) is 11.3 Å². The molecule has 5 heteroatoms. The molecule has 2 saturated heterocycles. The van der Waals surface area contributed by atoms with Crippen LogP contribution in [0.1, 0.15) is 23.8 Å². The molecule has 1 spiro atoms. The highest BCUT2D eigenvalue weighted by Gasteiger charge is 2.48.